The highest BCUT2D eigenvalue weighted by Gasteiger charge is 2.24. The molecule has 0 amide bonds. The van der Waals surface area contributed by atoms with Gasteiger partial charge in [-0.15, -0.1) is 0 Å². The van der Waals surface area contributed by atoms with Crippen LogP contribution in [-0.2, 0) is 0 Å². The fourth-order valence-electron chi connectivity index (χ4n) is 1.61. The Balaban J connectivity index is 2.28. The van der Waals surface area contributed by atoms with Crippen LogP contribution >= 0.6 is 0 Å². The van der Waals surface area contributed by atoms with Crippen LogP contribution in [0.2, 0.25) is 0 Å². The summed E-state index contributed by atoms with van der Waals surface area (Å²) in [4.78, 5) is 0. The van der Waals surface area contributed by atoms with E-state index in [2.05, 4.69) is 6.07 Å². The van der Waals surface area contributed by atoms with E-state index in [0.717, 1.165) is 5.56 Å². The van der Waals surface area contributed by atoms with Gasteiger partial charge < -0.3 is 9.52 Å². The summed E-state index contributed by atoms with van der Waals surface area (Å²) in [6.07, 6.45) is 0.556. The van der Waals surface area contributed by atoms with E-state index in [1.165, 1.54) is 6.26 Å². The van der Waals surface area contributed by atoms with E-state index in [4.69, 9.17) is 9.68 Å². The number of aliphatic hydroxyl groups excluding tert-OH is 1. The summed E-state index contributed by atoms with van der Waals surface area (Å²) in [7, 11) is 0. The molecule has 0 aliphatic carbocycles. The van der Waals surface area contributed by atoms with Gasteiger partial charge in [-0.2, -0.15) is 5.26 Å². The van der Waals surface area contributed by atoms with Gasteiger partial charge in [-0.3, -0.25) is 0 Å². The average molecular weight is 213 g/mol. The Morgan fingerprint density at radius 2 is 1.88 bits per heavy atom. The number of benzene rings is 1. The van der Waals surface area contributed by atoms with Crippen molar-refractivity contribution in [1.82, 2.24) is 0 Å². The molecule has 80 valence electrons. The van der Waals surface area contributed by atoms with Gasteiger partial charge in [-0.05, 0) is 17.7 Å². The SMILES string of the molecule is N#CC(c1ccccc1)C(O)c1ccco1. The first-order chi connectivity index (χ1) is 7.83. The predicted molar refractivity (Wildman–Crippen MR) is 58.5 cm³/mol. The van der Waals surface area contributed by atoms with Crippen molar-refractivity contribution in [3.63, 3.8) is 0 Å². The maximum atomic E-state index is 10.0. The molecule has 1 aromatic heterocycles. The monoisotopic (exact) mass is 213 g/mol. The Hall–Kier alpha value is -2.05. The van der Waals surface area contributed by atoms with E-state index in [9.17, 15) is 5.11 Å². The molecular weight excluding hydrogens is 202 g/mol. The normalized spacial score (nSPS) is 14.0. The molecule has 0 fully saturated rings. The molecule has 1 aromatic carbocycles. The maximum Gasteiger partial charge on any atom is 0.133 e. The second-order valence-corrected chi connectivity index (χ2v) is 3.48. The number of furan rings is 1. The molecule has 1 N–H and O–H groups in total. The lowest BCUT2D eigenvalue weighted by Gasteiger charge is -2.14. The van der Waals surface area contributed by atoms with Crippen LogP contribution < -0.4 is 0 Å². The highest BCUT2D eigenvalue weighted by Crippen LogP contribution is 2.30. The highest BCUT2D eigenvalue weighted by molar-refractivity contribution is 5.28. The molecule has 0 aliphatic rings. The molecule has 2 rings (SSSR count). The Bertz CT molecular complexity index is 470. The topological polar surface area (TPSA) is 57.2 Å². The van der Waals surface area contributed by atoms with E-state index in [1.54, 1.807) is 12.1 Å². The van der Waals surface area contributed by atoms with Crippen molar-refractivity contribution in [3.8, 4) is 6.07 Å². The van der Waals surface area contributed by atoms with E-state index in [-0.39, 0.29) is 0 Å². The van der Waals surface area contributed by atoms with E-state index in [0.29, 0.717) is 5.76 Å². The first kappa shape index (κ1) is 10.5. The maximum absolute atomic E-state index is 10.0. The first-order valence-electron chi connectivity index (χ1n) is 4.99. The molecule has 1 heterocycles. The van der Waals surface area contributed by atoms with Crippen LogP contribution in [0.25, 0.3) is 0 Å². The molecule has 3 nitrogen and oxygen atoms in total. The van der Waals surface area contributed by atoms with Gasteiger partial charge >= 0.3 is 0 Å². The zero-order chi connectivity index (χ0) is 11.4. The molecule has 2 unspecified atom stereocenters. The van der Waals surface area contributed by atoms with Crippen LogP contribution in [0, 0.1) is 11.3 Å². The van der Waals surface area contributed by atoms with Crippen LogP contribution in [0.15, 0.2) is 53.1 Å². The lowest BCUT2D eigenvalue weighted by atomic mass is 9.93. The number of nitriles is 1. The van der Waals surface area contributed by atoms with Crippen LogP contribution in [0.5, 0.6) is 0 Å². The van der Waals surface area contributed by atoms with E-state index >= 15 is 0 Å². The van der Waals surface area contributed by atoms with Gasteiger partial charge in [0.05, 0.1) is 12.3 Å². The molecule has 0 saturated carbocycles. The van der Waals surface area contributed by atoms with Gasteiger partial charge in [0.25, 0.3) is 0 Å². The number of aliphatic hydroxyl groups is 1. The summed E-state index contributed by atoms with van der Waals surface area (Å²) in [5, 5.41) is 19.1. The second kappa shape index (κ2) is 4.65. The molecular formula is C13H11NO2. The highest BCUT2D eigenvalue weighted by atomic mass is 16.4. The summed E-state index contributed by atoms with van der Waals surface area (Å²) in [5.41, 5.74) is 0.786. The van der Waals surface area contributed by atoms with Crippen molar-refractivity contribution in [3.05, 3.63) is 60.1 Å². The van der Waals surface area contributed by atoms with Gasteiger partial charge in [0, 0.05) is 0 Å². The van der Waals surface area contributed by atoms with Gasteiger partial charge in [0.2, 0.25) is 0 Å². The van der Waals surface area contributed by atoms with Gasteiger partial charge in [-0.1, -0.05) is 30.3 Å². The molecule has 0 bridgehead atoms. The fourth-order valence-corrected chi connectivity index (χ4v) is 1.61. The Morgan fingerprint density at radius 3 is 2.44 bits per heavy atom. The minimum atomic E-state index is -0.928. The molecule has 0 radical (unpaired) electrons. The predicted octanol–water partition coefficient (Wildman–Crippen LogP) is 2.62. The number of hydrogen-bond acceptors (Lipinski definition) is 3. The molecule has 0 spiro atoms. The molecule has 2 atom stereocenters. The third-order valence-corrected chi connectivity index (χ3v) is 2.45. The van der Waals surface area contributed by atoms with Crippen molar-refractivity contribution in [2.24, 2.45) is 0 Å². The summed E-state index contributed by atoms with van der Waals surface area (Å²) < 4.78 is 5.10. The second-order valence-electron chi connectivity index (χ2n) is 3.48. The molecule has 16 heavy (non-hydrogen) atoms. The van der Waals surface area contributed by atoms with Crippen molar-refractivity contribution in [1.29, 1.82) is 5.26 Å². The van der Waals surface area contributed by atoms with Crippen molar-refractivity contribution < 1.29 is 9.52 Å². The standard InChI is InChI=1S/C13H11NO2/c14-9-11(10-5-2-1-3-6-10)13(15)12-7-4-8-16-12/h1-8,11,13,15H. The summed E-state index contributed by atoms with van der Waals surface area (Å²) in [6, 6.07) is 14.6. The lowest BCUT2D eigenvalue weighted by molar-refractivity contribution is 0.137. The summed E-state index contributed by atoms with van der Waals surface area (Å²) >= 11 is 0. The fraction of sp³-hybridized carbons (Fsp3) is 0.154. The van der Waals surface area contributed by atoms with Crippen molar-refractivity contribution in [2.45, 2.75) is 12.0 Å². The molecule has 3 heteroatoms. The molecule has 0 aliphatic heterocycles. The molecule has 0 saturated heterocycles. The average Bonchev–Trinajstić information content (AvgIpc) is 2.85. The van der Waals surface area contributed by atoms with E-state index < -0.39 is 12.0 Å². The van der Waals surface area contributed by atoms with Gasteiger partial charge in [-0.25, -0.2) is 0 Å². The third kappa shape index (κ3) is 1.97. The van der Waals surface area contributed by atoms with Crippen LogP contribution in [0.3, 0.4) is 0 Å². The number of rotatable bonds is 3. The Labute approximate surface area is 93.6 Å². The smallest absolute Gasteiger partial charge is 0.133 e. The zero-order valence-electron chi connectivity index (χ0n) is 8.58. The van der Waals surface area contributed by atoms with Gasteiger partial charge in [0.1, 0.15) is 17.8 Å². The Morgan fingerprint density at radius 1 is 1.12 bits per heavy atom. The van der Waals surface area contributed by atoms with Crippen LogP contribution in [-0.4, -0.2) is 5.11 Å². The van der Waals surface area contributed by atoms with Crippen molar-refractivity contribution in [2.75, 3.05) is 0 Å². The molecule has 2 aromatic rings. The number of hydrogen-bond donors (Lipinski definition) is 1. The minimum absolute atomic E-state index is 0.412. The summed E-state index contributed by atoms with van der Waals surface area (Å²) in [6.45, 7) is 0. The third-order valence-electron chi connectivity index (χ3n) is 2.45. The van der Waals surface area contributed by atoms with Gasteiger partial charge in [0.15, 0.2) is 0 Å². The Kier molecular flexibility index (Phi) is 3.04. The number of nitrogens with zero attached hydrogens (tertiary/aromatic N) is 1. The van der Waals surface area contributed by atoms with E-state index in [1.807, 2.05) is 30.3 Å². The minimum Gasteiger partial charge on any atom is -0.467 e. The van der Waals surface area contributed by atoms with Crippen LogP contribution in [0.4, 0.5) is 0 Å². The lowest BCUT2D eigenvalue weighted by Crippen LogP contribution is -2.08. The van der Waals surface area contributed by atoms with Crippen molar-refractivity contribution >= 4 is 0 Å². The largest absolute Gasteiger partial charge is 0.467 e. The quantitative estimate of drug-likeness (QED) is 0.852. The zero-order valence-corrected chi connectivity index (χ0v) is 8.58. The van der Waals surface area contributed by atoms with Crippen LogP contribution in [0.1, 0.15) is 23.3 Å². The first-order valence-corrected chi connectivity index (χ1v) is 4.99. The summed E-state index contributed by atoms with van der Waals surface area (Å²) in [5.74, 6) is -0.192.